The summed E-state index contributed by atoms with van der Waals surface area (Å²) in [6.45, 7) is 8.26. The molecule has 1 amide bonds. The lowest BCUT2D eigenvalue weighted by atomic mass is 9.96. The Kier molecular flexibility index (Phi) is 6.38. The highest BCUT2D eigenvalue weighted by molar-refractivity contribution is 7.89. The molecular weight excluding hydrogens is 392 g/mol. The Hall–Kier alpha value is -2.26. The van der Waals surface area contributed by atoms with Gasteiger partial charge in [0.2, 0.25) is 15.9 Å². The smallest absolute Gasteiger partial charge is 0.260 e. The zero-order valence-corrected chi connectivity index (χ0v) is 18.1. The van der Waals surface area contributed by atoms with Gasteiger partial charge in [0, 0.05) is 24.9 Å². The summed E-state index contributed by atoms with van der Waals surface area (Å²) >= 11 is 0. The Bertz CT molecular complexity index is 976. The van der Waals surface area contributed by atoms with Crippen molar-refractivity contribution in [3.05, 3.63) is 29.6 Å². The third-order valence-electron chi connectivity index (χ3n) is 5.29. The SMILES string of the molecule is CCS(=O)(=O)N1CCC(C(=O)Nc2c(C)cccc2-c2nc(C(C)C)no2)CC1. The van der Waals surface area contributed by atoms with Crippen LogP contribution in [0.25, 0.3) is 11.5 Å². The summed E-state index contributed by atoms with van der Waals surface area (Å²) < 4.78 is 30.9. The second kappa shape index (κ2) is 8.62. The number of nitrogens with one attached hydrogen (secondary N) is 1. The topological polar surface area (TPSA) is 105 Å². The number of hydrogen-bond acceptors (Lipinski definition) is 6. The number of anilines is 1. The van der Waals surface area contributed by atoms with Gasteiger partial charge in [0.25, 0.3) is 5.89 Å². The van der Waals surface area contributed by atoms with Gasteiger partial charge in [0.1, 0.15) is 0 Å². The zero-order valence-electron chi connectivity index (χ0n) is 17.3. The highest BCUT2D eigenvalue weighted by Crippen LogP contribution is 2.32. The summed E-state index contributed by atoms with van der Waals surface area (Å²) in [4.78, 5) is 17.3. The molecule has 1 aliphatic rings. The molecule has 0 saturated carbocycles. The van der Waals surface area contributed by atoms with E-state index in [1.807, 2.05) is 39.0 Å². The first-order valence-electron chi connectivity index (χ1n) is 9.95. The Morgan fingerprint density at radius 3 is 2.59 bits per heavy atom. The van der Waals surface area contributed by atoms with E-state index < -0.39 is 10.0 Å². The molecule has 8 nitrogen and oxygen atoms in total. The van der Waals surface area contributed by atoms with Crippen LogP contribution in [0.2, 0.25) is 0 Å². The molecule has 9 heteroatoms. The van der Waals surface area contributed by atoms with Crippen LogP contribution in [0.15, 0.2) is 22.7 Å². The Morgan fingerprint density at radius 2 is 2.00 bits per heavy atom. The van der Waals surface area contributed by atoms with Gasteiger partial charge in [-0.25, -0.2) is 12.7 Å². The summed E-state index contributed by atoms with van der Waals surface area (Å²) in [6, 6.07) is 5.64. The number of piperidine rings is 1. The summed E-state index contributed by atoms with van der Waals surface area (Å²) in [5.74, 6) is 0.857. The fraction of sp³-hybridized carbons (Fsp3) is 0.550. The number of para-hydroxylation sites is 1. The fourth-order valence-corrected chi connectivity index (χ4v) is 4.53. The van der Waals surface area contributed by atoms with Gasteiger partial charge >= 0.3 is 0 Å². The molecule has 0 bridgehead atoms. The monoisotopic (exact) mass is 420 g/mol. The molecule has 158 valence electrons. The molecule has 1 aliphatic heterocycles. The van der Waals surface area contributed by atoms with E-state index in [4.69, 9.17) is 4.52 Å². The molecule has 0 spiro atoms. The van der Waals surface area contributed by atoms with Crippen LogP contribution in [0.4, 0.5) is 5.69 Å². The Morgan fingerprint density at radius 1 is 1.31 bits per heavy atom. The van der Waals surface area contributed by atoms with Crippen LogP contribution in [0.3, 0.4) is 0 Å². The zero-order chi connectivity index (χ0) is 21.2. The summed E-state index contributed by atoms with van der Waals surface area (Å²) in [6.07, 6.45) is 1.01. The van der Waals surface area contributed by atoms with Crippen molar-refractivity contribution in [2.24, 2.45) is 5.92 Å². The van der Waals surface area contributed by atoms with Crippen molar-refractivity contribution < 1.29 is 17.7 Å². The number of carbonyl (C=O) groups is 1. The van der Waals surface area contributed by atoms with Crippen LogP contribution in [0.5, 0.6) is 0 Å². The van der Waals surface area contributed by atoms with Crippen LogP contribution < -0.4 is 5.32 Å². The lowest BCUT2D eigenvalue weighted by Crippen LogP contribution is -2.42. The maximum atomic E-state index is 12.9. The molecule has 1 aromatic carbocycles. The molecular formula is C20H28N4O4S. The molecule has 29 heavy (non-hydrogen) atoms. The normalized spacial score (nSPS) is 16.3. The Labute approximate surface area is 171 Å². The molecule has 0 unspecified atom stereocenters. The first kappa shape index (κ1) is 21.4. The van der Waals surface area contributed by atoms with Gasteiger partial charge in [0.05, 0.1) is 17.0 Å². The van der Waals surface area contributed by atoms with Gasteiger partial charge in [-0.05, 0) is 38.3 Å². The minimum absolute atomic E-state index is 0.0823. The maximum absolute atomic E-state index is 12.9. The molecule has 1 saturated heterocycles. The molecule has 3 rings (SSSR count). The second-order valence-electron chi connectivity index (χ2n) is 7.67. The minimum atomic E-state index is -3.21. The number of nitrogens with zero attached hydrogens (tertiary/aromatic N) is 3. The van der Waals surface area contributed by atoms with Crippen LogP contribution in [0, 0.1) is 12.8 Å². The largest absolute Gasteiger partial charge is 0.334 e. The van der Waals surface area contributed by atoms with E-state index in [-0.39, 0.29) is 23.5 Å². The lowest BCUT2D eigenvalue weighted by Gasteiger charge is -2.30. The van der Waals surface area contributed by atoms with Crippen molar-refractivity contribution in [1.82, 2.24) is 14.4 Å². The number of rotatable bonds is 6. The van der Waals surface area contributed by atoms with E-state index in [1.165, 1.54) is 4.31 Å². The maximum Gasteiger partial charge on any atom is 0.260 e. The molecule has 0 aliphatic carbocycles. The molecule has 1 aromatic heterocycles. The van der Waals surface area contributed by atoms with Gasteiger partial charge in [-0.15, -0.1) is 0 Å². The van der Waals surface area contributed by atoms with Crippen molar-refractivity contribution in [3.8, 4) is 11.5 Å². The predicted molar refractivity (Wildman–Crippen MR) is 111 cm³/mol. The first-order valence-corrected chi connectivity index (χ1v) is 11.6. The quantitative estimate of drug-likeness (QED) is 0.769. The molecule has 1 N–H and O–H groups in total. The lowest BCUT2D eigenvalue weighted by molar-refractivity contribution is -0.120. The van der Waals surface area contributed by atoms with E-state index in [9.17, 15) is 13.2 Å². The van der Waals surface area contributed by atoms with Gasteiger partial charge in [-0.2, -0.15) is 4.98 Å². The summed E-state index contributed by atoms with van der Waals surface area (Å²) in [7, 11) is -3.21. The number of hydrogen-bond donors (Lipinski definition) is 1. The van der Waals surface area contributed by atoms with Crippen molar-refractivity contribution in [2.45, 2.75) is 46.5 Å². The van der Waals surface area contributed by atoms with Gasteiger partial charge in [0.15, 0.2) is 5.82 Å². The Balaban J connectivity index is 1.76. The van der Waals surface area contributed by atoms with Gasteiger partial charge < -0.3 is 9.84 Å². The minimum Gasteiger partial charge on any atom is -0.334 e. The third kappa shape index (κ3) is 4.67. The molecule has 0 atom stereocenters. The average Bonchev–Trinajstić information content (AvgIpc) is 3.20. The van der Waals surface area contributed by atoms with E-state index in [0.29, 0.717) is 48.9 Å². The highest BCUT2D eigenvalue weighted by Gasteiger charge is 2.31. The number of amides is 1. The molecule has 1 fully saturated rings. The highest BCUT2D eigenvalue weighted by atomic mass is 32.2. The van der Waals surface area contributed by atoms with E-state index in [0.717, 1.165) is 5.56 Å². The molecule has 2 heterocycles. The van der Waals surface area contributed by atoms with E-state index in [2.05, 4.69) is 15.5 Å². The first-order chi connectivity index (χ1) is 13.7. The molecule has 2 aromatic rings. The van der Waals surface area contributed by atoms with Crippen molar-refractivity contribution in [2.75, 3.05) is 24.2 Å². The number of carbonyl (C=O) groups excluding carboxylic acids is 1. The van der Waals surface area contributed by atoms with Crippen molar-refractivity contribution >= 4 is 21.6 Å². The van der Waals surface area contributed by atoms with Crippen molar-refractivity contribution in [3.63, 3.8) is 0 Å². The van der Waals surface area contributed by atoms with Crippen LogP contribution in [0.1, 0.15) is 50.9 Å². The van der Waals surface area contributed by atoms with Crippen LogP contribution >= 0.6 is 0 Å². The molecule has 0 radical (unpaired) electrons. The summed E-state index contributed by atoms with van der Waals surface area (Å²) in [5.41, 5.74) is 2.23. The van der Waals surface area contributed by atoms with Crippen LogP contribution in [-0.4, -0.2) is 47.6 Å². The number of benzene rings is 1. The predicted octanol–water partition coefficient (Wildman–Crippen LogP) is 3.17. The third-order valence-corrected chi connectivity index (χ3v) is 7.17. The van der Waals surface area contributed by atoms with Gasteiger partial charge in [-0.3, -0.25) is 4.79 Å². The number of aromatic nitrogens is 2. The fourth-order valence-electron chi connectivity index (χ4n) is 3.39. The standard InChI is InChI=1S/C20H28N4O4S/c1-5-29(26,27)24-11-9-15(10-12-24)19(25)21-17-14(4)7-6-8-16(17)20-22-18(13(2)3)23-28-20/h6-8,13,15H,5,9-12H2,1-4H3,(H,21,25). The van der Waals surface area contributed by atoms with E-state index in [1.54, 1.807) is 6.92 Å². The van der Waals surface area contributed by atoms with Crippen molar-refractivity contribution in [1.29, 1.82) is 0 Å². The number of aryl methyl sites for hydroxylation is 1. The second-order valence-corrected chi connectivity index (χ2v) is 9.93. The van der Waals surface area contributed by atoms with E-state index >= 15 is 0 Å². The number of sulfonamides is 1. The average molecular weight is 421 g/mol. The van der Waals surface area contributed by atoms with Gasteiger partial charge in [-0.1, -0.05) is 31.1 Å². The van der Waals surface area contributed by atoms with Crippen LogP contribution in [-0.2, 0) is 14.8 Å². The summed E-state index contributed by atoms with van der Waals surface area (Å²) in [5, 5.41) is 7.03.